The summed E-state index contributed by atoms with van der Waals surface area (Å²) in [6.45, 7) is 2.01. The van der Waals surface area contributed by atoms with Gasteiger partial charge in [0.15, 0.2) is 0 Å². The van der Waals surface area contributed by atoms with Crippen molar-refractivity contribution < 1.29 is 9.53 Å². The molecule has 0 fully saturated rings. The quantitative estimate of drug-likeness (QED) is 0.753. The Bertz CT molecular complexity index is 408. The van der Waals surface area contributed by atoms with Crippen LogP contribution in [-0.2, 0) is 15.3 Å². The summed E-state index contributed by atoms with van der Waals surface area (Å²) >= 11 is 1.70. The summed E-state index contributed by atoms with van der Waals surface area (Å²) in [6.07, 6.45) is 0.428. The van der Waals surface area contributed by atoms with E-state index in [0.29, 0.717) is 12.0 Å². The van der Waals surface area contributed by atoms with Gasteiger partial charge in [-0.1, -0.05) is 19.1 Å². The molecule has 0 heterocycles. The van der Waals surface area contributed by atoms with Gasteiger partial charge in [0, 0.05) is 11.0 Å². The van der Waals surface area contributed by atoms with E-state index >= 15 is 0 Å². The van der Waals surface area contributed by atoms with Crippen LogP contribution in [0.2, 0.25) is 0 Å². The van der Waals surface area contributed by atoms with Crippen LogP contribution in [0.5, 0.6) is 0 Å². The van der Waals surface area contributed by atoms with Gasteiger partial charge in [-0.2, -0.15) is 17.0 Å². The van der Waals surface area contributed by atoms with Crippen LogP contribution in [0.3, 0.4) is 0 Å². The van der Waals surface area contributed by atoms with Crippen LogP contribution >= 0.6 is 11.8 Å². The highest BCUT2D eigenvalue weighted by Gasteiger charge is 2.09. The Morgan fingerprint density at radius 3 is 2.65 bits per heavy atom. The number of hydrogen-bond donors (Lipinski definition) is 0. The Labute approximate surface area is 106 Å². The molecule has 1 rings (SSSR count). The number of benzene rings is 1. The number of nitrogens with zero attached hydrogens (tertiary/aromatic N) is 1. The molecule has 0 bridgehead atoms. The zero-order valence-electron chi connectivity index (χ0n) is 9.97. The molecular formula is C13H15NO2S. The van der Waals surface area contributed by atoms with Crippen LogP contribution in [0.15, 0.2) is 24.3 Å². The number of hydrogen-bond acceptors (Lipinski definition) is 4. The average Bonchev–Trinajstić information content (AvgIpc) is 2.36. The summed E-state index contributed by atoms with van der Waals surface area (Å²) in [5, 5.41) is 8.90. The van der Waals surface area contributed by atoms with Gasteiger partial charge >= 0.3 is 5.97 Å². The van der Waals surface area contributed by atoms with Gasteiger partial charge in [0.2, 0.25) is 0 Å². The molecule has 90 valence electrons. The first-order valence-corrected chi connectivity index (χ1v) is 6.38. The molecular weight excluding hydrogens is 234 g/mol. The van der Waals surface area contributed by atoms with Gasteiger partial charge < -0.3 is 4.74 Å². The summed E-state index contributed by atoms with van der Waals surface area (Å²) in [4.78, 5) is 11.0. The molecule has 0 aliphatic carbocycles. The fourth-order valence-corrected chi connectivity index (χ4v) is 2.21. The van der Waals surface area contributed by atoms with Gasteiger partial charge in [0.25, 0.3) is 0 Å². The van der Waals surface area contributed by atoms with Gasteiger partial charge in [-0.15, -0.1) is 0 Å². The van der Waals surface area contributed by atoms with Crippen LogP contribution in [0.1, 0.15) is 24.5 Å². The van der Waals surface area contributed by atoms with E-state index < -0.39 is 0 Å². The zero-order chi connectivity index (χ0) is 12.7. The highest BCUT2D eigenvalue weighted by Crippen LogP contribution is 2.20. The maximum atomic E-state index is 11.0. The molecule has 0 saturated heterocycles. The van der Waals surface area contributed by atoms with Crippen molar-refractivity contribution in [1.29, 1.82) is 5.26 Å². The molecule has 1 aromatic rings. The second-order valence-electron chi connectivity index (χ2n) is 3.71. The lowest BCUT2D eigenvalue weighted by atomic mass is 10.2. The van der Waals surface area contributed by atoms with Gasteiger partial charge in [0.05, 0.1) is 25.2 Å². The Morgan fingerprint density at radius 2 is 2.12 bits per heavy atom. The third-order valence-electron chi connectivity index (χ3n) is 2.30. The molecule has 0 amide bonds. The van der Waals surface area contributed by atoms with Crippen molar-refractivity contribution in [3.8, 4) is 6.07 Å². The normalized spacial score (nSPS) is 11.6. The van der Waals surface area contributed by atoms with E-state index in [9.17, 15) is 4.79 Å². The molecule has 0 spiro atoms. The Kier molecular flexibility index (Phi) is 5.58. The molecule has 0 N–H and O–H groups in total. The van der Waals surface area contributed by atoms with Gasteiger partial charge in [0.1, 0.15) is 0 Å². The van der Waals surface area contributed by atoms with Crippen LogP contribution in [0.4, 0.5) is 0 Å². The molecule has 1 aromatic carbocycles. The number of ether oxygens (including phenoxy) is 1. The standard InChI is InChI=1S/C13H15NO2S/c1-10(7-13(15)16-2)17-9-12-5-3-11(8-14)4-6-12/h3-6,10H,7,9H2,1-2H3. The van der Waals surface area contributed by atoms with Crippen LogP contribution < -0.4 is 0 Å². The fraction of sp³-hybridized carbons (Fsp3) is 0.385. The molecule has 0 saturated carbocycles. The number of carbonyl (C=O) groups is 1. The lowest BCUT2D eigenvalue weighted by Gasteiger charge is -2.09. The Morgan fingerprint density at radius 1 is 1.47 bits per heavy atom. The summed E-state index contributed by atoms with van der Waals surface area (Å²) in [5.41, 5.74) is 1.83. The minimum absolute atomic E-state index is 0.176. The minimum Gasteiger partial charge on any atom is -0.469 e. The van der Waals surface area contributed by atoms with E-state index in [1.54, 1.807) is 23.9 Å². The van der Waals surface area contributed by atoms with E-state index in [1.165, 1.54) is 7.11 Å². The van der Waals surface area contributed by atoms with Gasteiger partial charge in [-0.05, 0) is 17.7 Å². The van der Waals surface area contributed by atoms with E-state index in [-0.39, 0.29) is 11.2 Å². The van der Waals surface area contributed by atoms with Gasteiger partial charge in [-0.3, -0.25) is 4.79 Å². The molecule has 4 heteroatoms. The average molecular weight is 249 g/mol. The van der Waals surface area contributed by atoms with Crippen molar-refractivity contribution in [2.75, 3.05) is 7.11 Å². The SMILES string of the molecule is COC(=O)CC(C)SCc1ccc(C#N)cc1. The van der Waals surface area contributed by atoms with Crippen molar-refractivity contribution in [2.24, 2.45) is 0 Å². The monoisotopic (exact) mass is 249 g/mol. The fourth-order valence-electron chi connectivity index (χ4n) is 1.29. The summed E-state index contributed by atoms with van der Waals surface area (Å²) in [6, 6.07) is 9.58. The third kappa shape index (κ3) is 4.92. The largest absolute Gasteiger partial charge is 0.469 e. The molecule has 0 aliphatic rings. The number of rotatable bonds is 5. The predicted molar refractivity (Wildman–Crippen MR) is 68.5 cm³/mol. The van der Waals surface area contributed by atoms with Crippen molar-refractivity contribution in [1.82, 2.24) is 0 Å². The number of carbonyl (C=O) groups excluding carboxylic acids is 1. The zero-order valence-corrected chi connectivity index (χ0v) is 10.8. The van der Waals surface area contributed by atoms with Crippen LogP contribution in [0, 0.1) is 11.3 Å². The molecule has 0 radical (unpaired) electrons. The second-order valence-corrected chi connectivity index (χ2v) is 5.14. The van der Waals surface area contributed by atoms with E-state index in [0.717, 1.165) is 11.3 Å². The van der Waals surface area contributed by atoms with Crippen molar-refractivity contribution in [3.05, 3.63) is 35.4 Å². The molecule has 0 aromatic heterocycles. The highest BCUT2D eigenvalue weighted by atomic mass is 32.2. The lowest BCUT2D eigenvalue weighted by Crippen LogP contribution is -2.08. The number of thioether (sulfide) groups is 1. The Hall–Kier alpha value is -1.47. The lowest BCUT2D eigenvalue weighted by molar-refractivity contribution is -0.140. The van der Waals surface area contributed by atoms with E-state index in [1.807, 2.05) is 19.1 Å². The van der Waals surface area contributed by atoms with E-state index in [2.05, 4.69) is 10.8 Å². The van der Waals surface area contributed by atoms with Crippen LogP contribution in [-0.4, -0.2) is 18.3 Å². The summed E-state index contributed by atoms with van der Waals surface area (Å²) < 4.78 is 4.61. The summed E-state index contributed by atoms with van der Waals surface area (Å²) in [5.74, 6) is 0.661. The van der Waals surface area contributed by atoms with Crippen LogP contribution in [0.25, 0.3) is 0 Å². The number of methoxy groups -OCH3 is 1. The van der Waals surface area contributed by atoms with Crippen molar-refractivity contribution in [3.63, 3.8) is 0 Å². The first-order valence-electron chi connectivity index (χ1n) is 5.33. The maximum absolute atomic E-state index is 11.0. The number of esters is 1. The second kappa shape index (κ2) is 6.97. The van der Waals surface area contributed by atoms with E-state index in [4.69, 9.17) is 5.26 Å². The maximum Gasteiger partial charge on any atom is 0.306 e. The highest BCUT2D eigenvalue weighted by molar-refractivity contribution is 7.99. The molecule has 0 aliphatic heterocycles. The first kappa shape index (κ1) is 13.6. The Balaban J connectivity index is 2.39. The number of nitriles is 1. The predicted octanol–water partition coefficient (Wildman–Crippen LogP) is 2.74. The van der Waals surface area contributed by atoms with Gasteiger partial charge in [-0.25, -0.2) is 0 Å². The smallest absolute Gasteiger partial charge is 0.306 e. The molecule has 17 heavy (non-hydrogen) atoms. The van der Waals surface area contributed by atoms with Crippen molar-refractivity contribution in [2.45, 2.75) is 24.3 Å². The summed E-state index contributed by atoms with van der Waals surface area (Å²) in [7, 11) is 1.40. The molecule has 1 atom stereocenters. The van der Waals surface area contributed by atoms with Crippen molar-refractivity contribution >= 4 is 17.7 Å². The first-order chi connectivity index (χ1) is 8.15. The molecule has 3 nitrogen and oxygen atoms in total. The minimum atomic E-state index is -0.176. The molecule has 1 unspecified atom stereocenters. The third-order valence-corrected chi connectivity index (χ3v) is 3.54. The topological polar surface area (TPSA) is 50.1 Å².